The number of carbonyl (C=O) groups excluding carboxylic acids is 3. The zero-order chi connectivity index (χ0) is 20.4. The summed E-state index contributed by atoms with van der Waals surface area (Å²) in [4.78, 5) is 40.9. The lowest BCUT2D eigenvalue weighted by molar-refractivity contribution is -0.135. The van der Waals surface area contributed by atoms with Crippen molar-refractivity contribution in [2.75, 3.05) is 32.8 Å². The molecular weight excluding hydrogens is 390 g/mol. The maximum absolute atomic E-state index is 12.7. The highest BCUT2D eigenvalue weighted by molar-refractivity contribution is 8.18. The number of thioether (sulfide) groups is 1. The molecular formula is C21H23N3O4S. The highest BCUT2D eigenvalue weighted by Crippen LogP contribution is 2.34. The number of amides is 3. The van der Waals surface area contributed by atoms with Crippen molar-refractivity contribution in [2.24, 2.45) is 0 Å². The van der Waals surface area contributed by atoms with Gasteiger partial charge in [-0.25, -0.2) is 0 Å². The number of carbonyl (C=O) groups is 3. The molecule has 7 nitrogen and oxygen atoms in total. The number of rotatable bonds is 5. The van der Waals surface area contributed by atoms with Crippen molar-refractivity contribution in [3.63, 3.8) is 0 Å². The second-order valence-electron chi connectivity index (χ2n) is 7.06. The highest BCUT2D eigenvalue weighted by atomic mass is 32.2. The van der Waals surface area contributed by atoms with Gasteiger partial charge in [-0.1, -0.05) is 25.1 Å². The molecule has 1 aromatic heterocycles. The summed E-state index contributed by atoms with van der Waals surface area (Å²) in [5.74, 6) is -0.202. The number of hydrogen-bond acceptors (Lipinski definition) is 5. The van der Waals surface area contributed by atoms with Gasteiger partial charge in [0.2, 0.25) is 5.91 Å². The molecule has 0 aliphatic carbocycles. The first-order chi connectivity index (χ1) is 14.1. The second kappa shape index (κ2) is 8.42. The summed E-state index contributed by atoms with van der Waals surface area (Å²) >= 11 is 0.971. The molecule has 0 saturated carbocycles. The van der Waals surface area contributed by atoms with Crippen LogP contribution in [0.4, 0.5) is 4.79 Å². The molecule has 0 unspecified atom stereocenters. The monoisotopic (exact) mass is 413 g/mol. The number of para-hydroxylation sites is 1. The predicted molar refractivity (Wildman–Crippen MR) is 112 cm³/mol. The predicted octanol–water partition coefficient (Wildman–Crippen LogP) is 2.95. The van der Waals surface area contributed by atoms with Crippen LogP contribution in [-0.4, -0.2) is 64.3 Å². The van der Waals surface area contributed by atoms with Crippen LogP contribution in [0.25, 0.3) is 17.0 Å². The fraction of sp³-hybridized carbons (Fsp3) is 0.381. The minimum absolute atomic E-state index is 0.0453. The topological polar surface area (TPSA) is 71.8 Å². The first kappa shape index (κ1) is 19.7. The summed E-state index contributed by atoms with van der Waals surface area (Å²) in [6.45, 7) is 4.94. The molecule has 4 rings (SSSR count). The van der Waals surface area contributed by atoms with E-state index >= 15 is 0 Å². The van der Waals surface area contributed by atoms with E-state index in [9.17, 15) is 14.4 Å². The van der Waals surface area contributed by atoms with Crippen molar-refractivity contribution in [3.05, 3.63) is 40.9 Å². The molecule has 29 heavy (non-hydrogen) atoms. The SMILES string of the molecule is CCCN1C(=O)SC(=Cc2cn(CC(=O)N3CCOCC3)c3ccccc23)C1=O. The first-order valence-electron chi connectivity index (χ1n) is 9.77. The number of nitrogens with zero attached hydrogens (tertiary/aromatic N) is 3. The zero-order valence-corrected chi connectivity index (χ0v) is 17.1. The molecule has 0 N–H and O–H groups in total. The van der Waals surface area contributed by atoms with E-state index in [0.717, 1.165) is 34.6 Å². The van der Waals surface area contributed by atoms with Crippen LogP contribution in [0.1, 0.15) is 18.9 Å². The van der Waals surface area contributed by atoms with Gasteiger partial charge in [0.1, 0.15) is 6.54 Å². The quantitative estimate of drug-likeness (QED) is 0.705. The number of aromatic nitrogens is 1. The minimum atomic E-state index is -0.247. The molecule has 2 saturated heterocycles. The van der Waals surface area contributed by atoms with E-state index in [0.29, 0.717) is 37.8 Å². The highest BCUT2D eigenvalue weighted by Gasteiger charge is 2.34. The van der Waals surface area contributed by atoms with E-state index in [1.165, 1.54) is 4.90 Å². The number of benzene rings is 1. The number of ether oxygens (including phenoxy) is 1. The molecule has 3 amide bonds. The summed E-state index contributed by atoms with van der Waals surface area (Å²) in [5.41, 5.74) is 1.76. The second-order valence-corrected chi connectivity index (χ2v) is 8.05. The molecule has 2 fully saturated rings. The van der Waals surface area contributed by atoms with Crippen molar-refractivity contribution in [2.45, 2.75) is 19.9 Å². The lowest BCUT2D eigenvalue weighted by atomic mass is 10.1. The van der Waals surface area contributed by atoms with Crippen LogP contribution >= 0.6 is 11.8 Å². The Bertz CT molecular complexity index is 991. The van der Waals surface area contributed by atoms with Gasteiger partial charge in [-0.3, -0.25) is 19.3 Å². The van der Waals surface area contributed by atoms with E-state index in [1.54, 1.807) is 6.08 Å². The lowest BCUT2D eigenvalue weighted by Gasteiger charge is -2.27. The Morgan fingerprint density at radius 3 is 2.72 bits per heavy atom. The maximum Gasteiger partial charge on any atom is 0.293 e. The molecule has 0 bridgehead atoms. The Kier molecular flexibility index (Phi) is 5.73. The normalized spacial score (nSPS) is 19.0. The fourth-order valence-electron chi connectivity index (χ4n) is 3.64. The van der Waals surface area contributed by atoms with Crippen LogP contribution in [0.15, 0.2) is 35.4 Å². The number of morpholine rings is 1. The van der Waals surface area contributed by atoms with Crippen molar-refractivity contribution >= 4 is 45.8 Å². The Balaban J connectivity index is 1.63. The maximum atomic E-state index is 12.7. The van der Waals surface area contributed by atoms with Gasteiger partial charge < -0.3 is 14.2 Å². The number of hydrogen-bond donors (Lipinski definition) is 0. The summed E-state index contributed by atoms with van der Waals surface area (Å²) < 4.78 is 7.23. The molecule has 152 valence electrons. The van der Waals surface area contributed by atoms with Gasteiger partial charge in [-0.15, -0.1) is 0 Å². The first-order valence-corrected chi connectivity index (χ1v) is 10.6. The van der Waals surface area contributed by atoms with E-state index in [1.807, 2.05) is 46.9 Å². The minimum Gasteiger partial charge on any atom is -0.378 e. The fourth-order valence-corrected chi connectivity index (χ4v) is 4.49. The number of imide groups is 1. The summed E-state index contributed by atoms with van der Waals surface area (Å²) in [6.07, 6.45) is 4.38. The van der Waals surface area contributed by atoms with Crippen LogP contribution < -0.4 is 0 Å². The van der Waals surface area contributed by atoms with Gasteiger partial charge in [0.25, 0.3) is 11.1 Å². The smallest absolute Gasteiger partial charge is 0.293 e. The van der Waals surface area contributed by atoms with Gasteiger partial charge >= 0.3 is 0 Å². The van der Waals surface area contributed by atoms with Crippen LogP contribution in [0, 0.1) is 0 Å². The van der Waals surface area contributed by atoms with Crippen molar-refractivity contribution < 1.29 is 19.1 Å². The van der Waals surface area contributed by atoms with Gasteiger partial charge in [-0.05, 0) is 30.3 Å². The molecule has 0 spiro atoms. The molecule has 2 aliphatic heterocycles. The lowest BCUT2D eigenvalue weighted by Crippen LogP contribution is -2.42. The Hall–Kier alpha value is -2.58. The summed E-state index contributed by atoms with van der Waals surface area (Å²) in [6, 6.07) is 7.78. The molecule has 8 heteroatoms. The molecule has 3 heterocycles. The van der Waals surface area contributed by atoms with Crippen molar-refractivity contribution in [1.82, 2.24) is 14.4 Å². The largest absolute Gasteiger partial charge is 0.378 e. The van der Waals surface area contributed by atoms with Gasteiger partial charge in [0, 0.05) is 42.3 Å². The zero-order valence-electron chi connectivity index (χ0n) is 16.3. The van der Waals surface area contributed by atoms with Crippen molar-refractivity contribution in [1.29, 1.82) is 0 Å². The van der Waals surface area contributed by atoms with Crippen molar-refractivity contribution in [3.8, 4) is 0 Å². The van der Waals surface area contributed by atoms with Gasteiger partial charge in [0.05, 0.1) is 18.1 Å². The third kappa shape index (κ3) is 3.95. The van der Waals surface area contributed by atoms with Gasteiger partial charge in [0.15, 0.2) is 0 Å². The average molecular weight is 413 g/mol. The summed E-state index contributed by atoms with van der Waals surface area (Å²) in [5, 5.41) is 0.721. The molecule has 2 aliphatic rings. The van der Waals surface area contributed by atoms with E-state index in [-0.39, 0.29) is 23.6 Å². The number of fused-ring (bicyclic) bond motifs is 1. The van der Waals surface area contributed by atoms with Gasteiger partial charge in [-0.2, -0.15) is 0 Å². The standard InChI is InChI=1S/C21H23N3O4S/c1-2-7-24-20(26)18(29-21(24)27)12-15-13-23(17-6-4-3-5-16(15)17)14-19(25)22-8-10-28-11-9-22/h3-6,12-13H,2,7-11,14H2,1H3. The molecule has 2 aromatic rings. The summed E-state index contributed by atoms with van der Waals surface area (Å²) in [7, 11) is 0. The van der Waals surface area contributed by atoms with Crippen LogP contribution in [0.3, 0.4) is 0 Å². The van der Waals surface area contributed by atoms with Crippen LogP contribution in [-0.2, 0) is 20.9 Å². The third-order valence-electron chi connectivity index (χ3n) is 5.10. The Labute approximate surface area is 173 Å². The Morgan fingerprint density at radius 2 is 1.97 bits per heavy atom. The average Bonchev–Trinajstić information content (AvgIpc) is 3.21. The third-order valence-corrected chi connectivity index (χ3v) is 6.00. The van der Waals surface area contributed by atoms with E-state index in [4.69, 9.17) is 4.74 Å². The Morgan fingerprint density at radius 1 is 1.21 bits per heavy atom. The molecule has 0 atom stereocenters. The van der Waals surface area contributed by atoms with Crippen LogP contribution in [0.2, 0.25) is 0 Å². The van der Waals surface area contributed by atoms with E-state index in [2.05, 4.69) is 0 Å². The van der Waals surface area contributed by atoms with Crippen LogP contribution in [0.5, 0.6) is 0 Å². The molecule has 1 aromatic carbocycles. The molecule has 0 radical (unpaired) electrons. The van der Waals surface area contributed by atoms with E-state index < -0.39 is 0 Å².